The van der Waals surface area contributed by atoms with Crippen LogP contribution in [0.3, 0.4) is 0 Å². The highest BCUT2D eigenvalue weighted by Gasteiger charge is 2.33. The highest BCUT2D eigenvalue weighted by molar-refractivity contribution is 5.81. The minimum absolute atomic E-state index is 0.130. The van der Waals surface area contributed by atoms with Crippen LogP contribution < -0.4 is 0 Å². The summed E-state index contributed by atoms with van der Waals surface area (Å²) >= 11 is 0. The monoisotopic (exact) mass is 293 g/mol. The van der Waals surface area contributed by atoms with Crippen LogP contribution in [0.5, 0.6) is 0 Å². The molecule has 1 amide bonds. The van der Waals surface area contributed by atoms with Crippen LogP contribution in [0.4, 0.5) is 0 Å². The van der Waals surface area contributed by atoms with Crippen molar-refractivity contribution in [3.63, 3.8) is 0 Å². The van der Waals surface area contributed by atoms with Gasteiger partial charge in [0.05, 0.1) is 5.92 Å². The van der Waals surface area contributed by atoms with Gasteiger partial charge in [0.1, 0.15) is 6.10 Å². The Balaban J connectivity index is 1.63. The number of hydrogen-bond donors (Lipinski definition) is 0. The lowest BCUT2D eigenvalue weighted by atomic mass is 9.97. The molecule has 0 N–H and O–H groups in total. The number of carbonyl (C=O) groups is 1. The zero-order valence-corrected chi connectivity index (χ0v) is 12.6. The molecule has 2 saturated heterocycles. The van der Waals surface area contributed by atoms with Crippen molar-refractivity contribution in [3.05, 3.63) is 11.7 Å². The van der Waals surface area contributed by atoms with E-state index in [0.717, 1.165) is 50.9 Å². The maximum absolute atomic E-state index is 12.4. The number of aromatic nitrogens is 2. The van der Waals surface area contributed by atoms with Crippen LogP contribution in [0, 0.1) is 0 Å². The van der Waals surface area contributed by atoms with Crippen molar-refractivity contribution in [2.75, 3.05) is 19.7 Å². The van der Waals surface area contributed by atoms with Crippen molar-refractivity contribution in [1.82, 2.24) is 15.0 Å². The normalized spacial score (nSPS) is 26.2. The van der Waals surface area contributed by atoms with Gasteiger partial charge in [0.15, 0.2) is 5.82 Å². The largest absolute Gasteiger partial charge is 0.368 e. The molecule has 0 aromatic carbocycles. The summed E-state index contributed by atoms with van der Waals surface area (Å²) in [6.07, 6.45) is 5.43. The zero-order valence-electron chi connectivity index (χ0n) is 12.6. The van der Waals surface area contributed by atoms with Gasteiger partial charge in [0.2, 0.25) is 5.89 Å². The van der Waals surface area contributed by atoms with Crippen LogP contribution in [0.2, 0.25) is 0 Å². The summed E-state index contributed by atoms with van der Waals surface area (Å²) in [6.45, 7) is 4.29. The van der Waals surface area contributed by atoms with Gasteiger partial charge in [0.25, 0.3) is 5.91 Å². The number of nitrogens with zero attached hydrogens (tertiary/aromatic N) is 3. The lowest BCUT2D eigenvalue weighted by molar-refractivity contribution is -0.142. The van der Waals surface area contributed by atoms with Gasteiger partial charge in [-0.1, -0.05) is 12.1 Å². The van der Waals surface area contributed by atoms with E-state index in [1.54, 1.807) is 0 Å². The van der Waals surface area contributed by atoms with Crippen LogP contribution in [0.25, 0.3) is 0 Å². The van der Waals surface area contributed by atoms with Crippen molar-refractivity contribution >= 4 is 5.91 Å². The molecule has 2 aliphatic rings. The predicted molar refractivity (Wildman–Crippen MR) is 75.8 cm³/mol. The van der Waals surface area contributed by atoms with Gasteiger partial charge in [-0.25, -0.2) is 0 Å². The third-order valence-corrected chi connectivity index (χ3v) is 4.24. The maximum Gasteiger partial charge on any atom is 0.251 e. The van der Waals surface area contributed by atoms with E-state index in [2.05, 4.69) is 17.1 Å². The first kappa shape index (κ1) is 14.5. The van der Waals surface area contributed by atoms with Crippen molar-refractivity contribution < 1.29 is 14.1 Å². The second-order valence-electron chi connectivity index (χ2n) is 5.92. The summed E-state index contributed by atoms with van der Waals surface area (Å²) in [5.74, 6) is 1.76. The Hall–Kier alpha value is -1.43. The molecule has 2 fully saturated rings. The molecule has 2 unspecified atom stereocenters. The van der Waals surface area contributed by atoms with Crippen LogP contribution >= 0.6 is 0 Å². The van der Waals surface area contributed by atoms with E-state index in [0.29, 0.717) is 19.0 Å². The lowest BCUT2D eigenvalue weighted by Gasteiger charge is -2.32. The van der Waals surface area contributed by atoms with Crippen molar-refractivity contribution in [2.24, 2.45) is 0 Å². The topological polar surface area (TPSA) is 68.5 Å². The summed E-state index contributed by atoms with van der Waals surface area (Å²) in [4.78, 5) is 18.8. The summed E-state index contributed by atoms with van der Waals surface area (Å²) in [7, 11) is 0. The van der Waals surface area contributed by atoms with Gasteiger partial charge < -0.3 is 14.2 Å². The van der Waals surface area contributed by atoms with Gasteiger partial charge in [-0.05, 0) is 32.1 Å². The molecule has 21 heavy (non-hydrogen) atoms. The molecule has 3 heterocycles. The number of ether oxygens (including phenoxy) is 1. The highest BCUT2D eigenvalue weighted by Crippen LogP contribution is 2.27. The summed E-state index contributed by atoms with van der Waals surface area (Å²) < 4.78 is 10.9. The molecule has 116 valence electrons. The maximum atomic E-state index is 12.4. The Morgan fingerprint density at radius 3 is 3.05 bits per heavy atom. The number of likely N-dealkylation sites (tertiary alicyclic amines) is 1. The molecule has 2 aliphatic heterocycles. The van der Waals surface area contributed by atoms with E-state index >= 15 is 0 Å². The number of hydrogen-bond acceptors (Lipinski definition) is 5. The number of piperidine rings is 1. The fourth-order valence-corrected chi connectivity index (χ4v) is 3.11. The molecule has 0 spiro atoms. The Morgan fingerprint density at radius 2 is 2.29 bits per heavy atom. The number of rotatable bonds is 4. The van der Waals surface area contributed by atoms with E-state index in [9.17, 15) is 4.79 Å². The SMILES string of the molecule is CCCc1noc(C2CCCN(C(=O)C3CCCO3)C2)n1. The van der Waals surface area contributed by atoms with E-state index in [4.69, 9.17) is 9.26 Å². The molecule has 0 saturated carbocycles. The van der Waals surface area contributed by atoms with Gasteiger partial charge in [-0.15, -0.1) is 0 Å². The number of aryl methyl sites for hydroxylation is 1. The predicted octanol–water partition coefficient (Wildman–Crippen LogP) is 1.91. The van der Waals surface area contributed by atoms with E-state index in [1.165, 1.54) is 0 Å². The van der Waals surface area contributed by atoms with Crippen LogP contribution in [0.1, 0.15) is 56.7 Å². The fraction of sp³-hybridized carbons (Fsp3) is 0.800. The minimum Gasteiger partial charge on any atom is -0.368 e. The van der Waals surface area contributed by atoms with Gasteiger partial charge in [-0.2, -0.15) is 4.98 Å². The molecular weight excluding hydrogens is 270 g/mol. The minimum atomic E-state index is -0.234. The Kier molecular flexibility index (Phi) is 4.53. The van der Waals surface area contributed by atoms with Crippen molar-refractivity contribution in [2.45, 2.75) is 57.5 Å². The average molecular weight is 293 g/mol. The highest BCUT2D eigenvalue weighted by atomic mass is 16.5. The molecule has 3 rings (SSSR count). The quantitative estimate of drug-likeness (QED) is 0.848. The van der Waals surface area contributed by atoms with E-state index < -0.39 is 0 Å². The van der Waals surface area contributed by atoms with Crippen LogP contribution in [-0.2, 0) is 16.0 Å². The zero-order chi connectivity index (χ0) is 14.7. The van der Waals surface area contributed by atoms with Crippen molar-refractivity contribution in [1.29, 1.82) is 0 Å². The third-order valence-electron chi connectivity index (χ3n) is 4.24. The fourth-order valence-electron chi connectivity index (χ4n) is 3.11. The van der Waals surface area contributed by atoms with E-state index in [1.807, 2.05) is 4.90 Å². The molecule has 6 nitrogen and oxygen atoms in total. The first-order valence-electron chi connectivity index (χ1n) is 8.00. The first-order valence-corrected chi connectivity index (χ1v) is 8.00. The molecule has 2 atom stereocenters. The number of carbonyl (C=O) groups excluding carboxylic acids is 1. The Bertz CT molecular complexity index is 482. The average Bonchev–Trinajstić information content (AvgIpc) is 3.18. The van der Waals surface area contributed by atoms with Crippen molar-refractivity contribution in [3.8, 4) is 0 Å². The van der Waals surface area contributed by atoms with Gasteiger partial charge in [0, 0.05) is 26.1 Å². The van der Waals surface area contributed by atoms with Crippen LogP contribution in [0.15, 0.2) is 4.52 Å². The Morgan fingerprint density at radius 1 is 1.38 bits per heavy atom. The first-order chi connectivity index (χ1) is 10.3. The molecule has 0 bridgehead atoms. The van der Waals surface area contributed by atoms with E-state index in [-0.39, 0.29) is 17.9 Å². The molecule has 1 aromatic rings. The molecular formula is C15H23N3O3. The summed E-state index contributed by atoms with van der Waals surface area (Å²) in [5, 5.41) is 4.01. The van der Waals surface area contributed by atoms with Gasteiger partial charge >= 0.3 is 0 Å². The second-order valence-corrected chi connectivity index (χ2v) is 5.92. The molecule has 1 aromatic heterocycles. The van der Waals surface area contributed by atoms with Crippen LogP contribution in [-0.4, -0.2) is 46.7 Å². The standard InChI is InChI=1S/C15H23N3O3/c1-2-5-13-16-14(21-17-13)11-6-3-8-18(10-11)15(19)12-7-4-9-20-12/h11-12H,2-10H2,1H3. The van der Waals surface area contributed by atoms with Gasteiger partial charge in [-0.3, -0.25) is 4.79 Å². The third kappa shape index (κ3) is 3.26. The lowest BCUT2D eigenvalue weighted by Crippen LogP contribution is -2.44. The second kappa shape index (κ2) is 6.56. The number of amides is 1. The molecule has 6 heteroatoms. The smallest absolute Gasteiger partial charge is 0.251 e. The Labute approximate surface area is 124 Å². The molecule has 0 aliphatic carbocycles. The summed E-state index contributed by atoms with van der Waals surface area (Å²) in [5.41, 5.74) is 0. The molecule has 0 radical (unpaired) electrons. The summed E-state index contributed by atoms with van der Waals surface area (Å²) in [6, 6.07) is 0.